The molecule has 94 valence electrons. The molecule has 0 radical (unpaired) electrons. The van der Waals surface area contributed by atoms with E-state index in [0.29, 0.717) is 6.42 Å². The monoisotopic (exact) mass is 266 g/mol. The lowest BCUT2D eigenvalue weighted by Gasteiger charge is -2.03. The van der Waals surface area contributed by atoms with Crippen LogP contribution in [0.2, 0.25) is 0 Å². The Bertz CT molecular complexity index is 698. The Morgan fingerprint density at radius 3 is 2.63 bits per heavy atom. The number of fused-ring (bicyclic) bond motifs is 1. The van der Waals surface area contributed by atoms with Crippen molar-refractivity contribution in [2.24, 2.45) is 0 Å². The van der Waals surface area contributed by atoms with E-state index >= 15 is 0 Å². The summed E-state index contributed by atoms with van der Waals surface area (Å²) in [6.45, 7) is 0. The molecule has 0 bridgehead atoms. The van der Waals surface area contributed by atoms with Crippen LogP contribution in [0.1, 0.15) is 22.3 Å². The molecular weight excluding hydrogens is 252 g/mol. The maximum Gasteiger partial charge on any atom is 0.163 e. The van der Waals surface area contributed by atoms with Crippen molar-refractivity contribution in [1.82, 2.24) is 0 Å². The van der Waals surface area contributed by atoms with Crippen LogP contribution in [-0.2, 0) is 6.42 Å². The van der Waals surface area contributed by atoms with E-state index in [0.717, 1.165) is 17.4 Å². The van der Waals surface area contributed by atoms with Crippen LogP contribution in [0.3, 0.4) is 0 Å². The topological polar surface area (TPSA) is 17.1 Å². The van der Waals surface area contributed by atoms with Gasteiger partial charge in [-0.15, -0.1) is 0 Å². The summed E-state index contributed by atoms with van der Waals surface area (Å²) < 4.78 is 0. The quantitative estimate of drug-likeness (QED) is 0.625. The number of carbonyl (C=O) groups is 1. The molecule has 0 spiro atoms. The maximum absolute atomic E-state index is 12.2. The summed E-state index contributed by atoms with van der Waals surface area (Å²) >= 11 is 1.68. The van der Waals surface area contributed by atoms with Gasteiger partial charge in [0.25, 0.3) is 0 Å². The highest BCUT2D eigenvalue weighted by atomic mass is 32.1. The average Bonchev–Trinajstić information content (AvgIpc) is 2.97. The largest absolute Gasteiger partial charge is 0.294 e. The van der Waals surface area contributed by atoms with Crippen LogP contribution in [0.15, 0.2) is 59.3 Å². The molecule has 19 heavy (non-hydrogen) atoms. The molecule has 2 aromatic carbocycles. The number of carbonyl (C=O) groups excluding carboxylic acids is 1. The summed E-state index contributed by atoms with van der Waals surface area (Å²) in [4.78, 5) is 12.2. The second kappa shape index (κ2) is 5.37. The lowest BCUT2D eigenvalue weighted by atomic mass is 10.0. The third-order valence-electron chi connectivity index (χ3n) is 3.29. The summed E-state index contributed by atoms with van der Waals surface area (Å²) in [5.74, 6) is 0.219. The molecule has 1 heterocycles. The Labute approximate surface area is 116 Å². The number of hydrogen-bond donors (Lipinski definition) is 0. The Morgan fingerprint density at radius 2 is 1.84 bits per heavy atom. The van der Waals surface area contributed by atoms with Gasteiger partial charge in [0.05, 0.1) is 0 Å². The molecule has 0 atom stereocenters. The van der Waals surface area contributed by atoms with E-state index in [2.05, 4.69) is 22.9 Å². The molecule has 0 aliphatic heterocycles. The predicted molar refractivity (Wildman–Crippen MR) is 80.9 cm³/mol. The van der Waals surface area contributed by atoms with Gasteiger partial charge in [0.15, 0.2) is 5.78 Å². The number of thiophene rings is 1. The highest BCUT2D eigenvalue weighted by molar-refractivity contribution is 7.07. The Hall–Kier alpha value is -1.93. The van der Waals surface area contributed by atoms with Gasteiger partial charge in [0, 0.05) is 12.0 Å². The van der Waals surface area contributed by atoms with Crippen LogP contribution in [0.4, 0.5) is 0 Å². The van der Waals surface area contributed by atoms with Gasteiger partial charge in [-0.2, -0.15) is 11.3 Å². The van der Waals surface area contributed by atoms with E-state index < -0.39 is 0 Å². The molecule has 0 fully saturated rings. The van der Waals surface area contributed by atoms with Crippen LogP contribution in [0, 0.1) is 0 Å². The van der Waals surface area contributed by atoms with Gasteiger partial charge in [-0.1, -0.05) is 36.4 Å². The lowest BCUT2D eigenvalue weighted by Crippen LogP contribution is -2.00. The average molecular weight is 266 g/mol. The minimum Gasteiger partial charge on any atom is -0.294 e. The maximum atomic E-state index is 12.2. The second-order valence-electron chi connectivity index (χ2n) is 4.62. The van der Waals surface area contributed by atoms with Crippen LogP contribution >= 0.6 is 11.3 Å². The molecule has 0 aliphatic carbocycles. The first-order chi connectivity index (χ1) is 9.33. The van der Waals surface area contributed by atoms with Crippen molar-refractivity contribution in [3.8, 4) is 0 Å². The van der Waals surface area contributed by atoms with Gasteiger partial charge in [-0.05, 0) is 45.6 Å². The molecule has 0 amide bonds. The third-order valence-corrected chi connectivity index (χ3v) is 4.02. The van der Waals surface area contributed by atoms with Crippen molar-refractivity contribution in [3.63, 3.8) is 0 Å². The van der Waals surface area contributed by atoms with E-state index in [1.54, 1.807) is 11.3 Å². The van der Waals surface area contributed by atoms with Crippen molar-refractivity contribution >= 4 is 27.9 Å². The molecule has 3 rings (SSSR count). The molecule has 0 saturated heterocycles. The van der Waals surface area contributed by atoms with E-state index in [1.807, 2.05) is 36.4 Å². The molecule has 1 aromatic heterocycles. The normalized spacial score (nSPS) is 10.7. The smallest absolute Gasteiger partial charge is 0.163 e. The van der Waals surface area contributed by atoms with Gasteiger partial charge in [0.2, 0.25) is 0 Å². The standard InChI is InChI=1S/C17H14OS/c18-17(8-5-13-9-10-19-12-13)16-7-6-14-3-1-2-4-15(14)11-16/h1-4,6-7,9-12H,5,8H2. The van der Waals surface area contributed by atoms with Crippen LogP contribution in [-0.4, -0.2) is 5.78 Å². The van der Waals surface area contributed by atoms with Crippen molar-refractivity contribution in [1.29, 1.82) is 0 Å². The summed E-state index contributed by atoms with van der Waals surface area (Å²) in [6.07, 6.45) is 1.41. The van der Waals surface area contributed by atoms with E-state index in [4.69, 9.17) is 0 Å². The zero-order valence-electron chi connectivity index (χ0n) is 10.5. The first-order valence-corrected chi connectivity index (χ1v) is 7.30. The molecule has 1 nitrogen and oxygen atoms in total. The van der Waals surface area contributed by atoms with Crippen LogP contribution in [0.25, 0.3) is 10.8 Å². The van der Waals surface area contributed by atoms with E-state index in [-0.39, 0.29) is 5.78 Å². The summed E-state index contributed by atoms with van der Waals surface area (Å²) in [5.41, 5.74) is 2.06. The molecule has 0 aliphatic rings. The summed E-state index contributed by atoms with van der Waals surface area (Å²) in [5, 5.41) is 6.46. The molecule has 2 heteroatoms. The minimum absolute atomic E-state index is 0.219. The Kier molecular flexibility index (Phi) is 3.43. The first-order valence-electron chi connectivity index (χ1n) is 6.36. The number of Topliss-reactive ketones (excluding diaryl/α,β-unsaturated/α-hetero) is 1. The number of aryl methyl sites for hydroxylation is 1. The highest BCUT2D eigenvalue weighted by Gasteiger charge is 2.07. The first kappa shape index (κ1) is 12.1. The van der Waals surface area contributed by atoms with Crippen LogP contribution < -0.4 is 0 Å². The van der Waals surface area contributed by atoms with Gasteiger partial charge < -0.3 is 0 Å². The van der Waals surface area contributed by atoms with Crippen LogP contribution in [0.5, 0.6) is 0 Å². The number of rotatable bonds is 4. The van der Waals surface area contributed by atoms with Crippen molar-refractivity contribution in [2.45, 2.75) is 12.8 Å². The second-order valence-corrected chi connectivity index (χ2v) is 5.40. The Balaban J connectivity index is 1.77. The molecule has 0 N–H and O–H groups in total. The van der Waals surface area contributed by atoms with Gasteiger partial charge in [-0.3, -0.25) is 4.79 Å². The zero-order valence-corrected chi connectivity index (χ0v) is 11.3. The van der Waals surface area contributed by atoms with Crippen molar-refractivity contribution < 1.29 is 4.79 Å². The van der Waals surface area contributed by atoms with Crippen molar-refractivity contribution in [3.05, 3.63) is 70.4 Å². The molecule has 3 aromatic rings. The fourth-order valence-corrected chi connectivity index (χ4v) is 2.90. The third kappa shape index (κ3) is 2.74. The van der Waals surface area contributed by atoms with E-state index in [9.17, 15) is 4.79 Å². The predicted octanol–water partition coefficient (Wildman–Crippen LogP) is 4.72. The Morgan fingerprint density at radius 1 is 1.00 bits per heavy atom. The SMILES string of the molecule is O=C(CCc1ccsc1)c1ccc2ccccc2c1. The van der Waals surface area contributed by atoms with Crippen molar-refractivity contribution in [2.75, 3.05) is 0 Å². The van der Waals surface area contributed by atoms with Gasteiger partial charge >= 0.3 is 0 Å². The number of hydrogen-bond acceptors (Lipinski definition) is 2. The fourth-order valence-electron chi connectivity index (χ4n) is 2.20. The summed E-state index contributed by atoms with van der Waals surface area (Å²) in [7, 11) is 0. The molecule has 0 saturated carbocycles. The lowest BCUT2D eigenvalue weighted by molar-refractivity contribution is 0.0983. The fraction of sp³-hybridized carbons (Fsp3) is 0.118. The number of benzene rings is 2. The zero-order chi connectivity index (χ0) is 13.1. The van der Waals surface area contributed by atoms with E-state index in [1.165, 1.54) is 10.9 Å². The molecular formula is C17H14OS. The van der Waals surface area contributed by atoms with Gasteiger partial charge in [-0.25, -0.2) is 0 Å². The van der Waals surface area contributed by atoms with Gasteiger partial charge in [0.1, 0.15) is 0 Å². The number of ketones is 1. The highest BCUT2D eigenvalue weighted by Crippen LogP contribution is 2.17. The minimum atomic E-state index is 0.219. The molecule has 0 unspecified atom stereocenters. The summed E-state index contributed by atoms with van der Waals surface area (Å²) in [6, 6.07) is 16.2.